The van der Waals surface area contributed by atoms with E-state index in [2.05, 4.69) is 10.3 Å². The smallest absolute Gasteiger partial charge is 0.272 e. The van der Waals surface area contributed by atoms with Crippen LogP contribution in [0.4, 0.5) is 0 Å². The molecule has 2 N–H and O–H groups in total. The Bertz CT molecular complexity index is 843. The first kappa shape index (κ1) is 16.5. The van der Waals surface area contributed by atoms with Gasteiger partial charge in [-0.25, -0.2) is 4.98 Å². The lowest BCUT2D eigenvalue weighted by atomic mass is 10.1. The van der Waals surface area contributed by atoms with Crippen LogP contribution in [0, 0.1) is 0 Å². The Morgan fingerprint density at radius 2 is 1.96 bits per heavy atom. The highest BCUT2D eigenvalue weighted by Gasteiger charge is 2.16. The van der Waals surface area contributed by atoms with Crippen molar-refractivity contribution in [1.82, 2.24) is 14.7 Å². The molecular formula is C18H19N3O2S. The highest BCUT2D eigenvalue weighted by molar-refractivity contribution is 7.98. The number of benzene rings is 1. The van der Waals surface area contributed by atoms with Crippen LogP contribution in [0.5, 0.6) is 0 Å². The molecule has 3 aromatic rings. The van der Waals surface area contributed by atoms with E-state index in [4.69, 9.17) is 5.11 Å². The maximum atomic E-state index is 12.4. The van der Waals surface area contributed by atoms with Crippen molar-refractivity contribution in [2.45, 2.75) is 18.2 Å². The molecule has 0 aliphatic heterocycles. The van der Waals surface area contributed by atoms with E-state index in [1.165, 1.54) is 11.8 Å². The van der Waals surface area contributed by atoms with E-state index >= 15 is 0 Å². The summed E-state index contributed by atoms with van der Waals surface area (Å²) in [6.07, 6.45) is 4.59. The molecule has 2 heterocycles. The quantitative estimate of drug-likeness (QED) is 0.676. The molecule has 0 saturated heterocycles. The molecule has 2 aromatic heterocycles. The van der Waals surface area contributed by atoms with Gasteiger partial charge in [0.2, 0.25) is 0 Å². The zero-order valence-corrected chi connectivity index (χ0v) is 14.2. The van der Waals surface area contributed by atoms with Gasteiger partial charge < -0.3 is 10.4 Å². The third kappa shape index (κ3) is 3.44. The molecule has 0 atom stereocenters. The minimum atomic E-state index is -0.161. The van der Waals surface area contributed by atoms with Crippen molar-refractivity contribution in [2.24, 2.45) is 0 Å². The summed E-state index contributed by atoms with van der Waals surface area (Å²) < 4.78 is 1.92. The third-order valence-electron chi connectivity index (χ3n) is 3.82. The molecule has 0 bridgehead atoms. The molecule has 0 aliphatic rings. The number of fused-ring (bicyclic) bond motifs is 1. The summed E-state index contributed by atoms with van der Waals surface area (Å²) in [5.74, 6) is -0.161. The number of rotatable bonds is 6. The molecule has 0 aliphatic carbocycles. The summed E-state index contributed by atoms with van der Waals surface area (Å²) in [7, 11) is 0. The van der Waals surface area contributed by atoms with Crippen LogP contribution < -0.4 is 5.32 Å². The normalized spacial score (nSPS) is 10.9. The van der Waals surface area contributed by atoms with Crippen molar-refractivity contribution in [1.29, 1.82) is 0 Å². The van der Waals surface area contributed by atoms with Crippen LogP contribution in [-0.4, -0.2) is 33.2 Å². The minimum absolute atomic E-state index is 0.0438. The summed E-state index contributed by atoms with van der Waals surface area (Å²) in [6, 6.07) is 13.4. The van der Waals surface area contributed by atoms with E-state index in [0.29, 0.717) is 12.2 Å². The fourth-order valence-corrected chi connectivity index (χ4v) is 3.07. The first-order chi connectivity index (χ1) is 11.7. The molecule has 5 nitrogen and oxygen atoms in total. The average Bonchev–Trinajstić information content (AvgIpc) is 3.01. The predicted octanol–water partition coefficient (Wildman–Crippen LogP) is 2.52. The number of aliphatic hydroxyl groups is 1. The Morgan fingerprint density at radius 1 is 1.21 bits per heavy atom. The number of hydrogen-bond acceptors (Lipinski definition) is 4. The number of imidazole rings is 1. The Kier molecular flexibility index (Phi) is 5.17. The standard InChI is InChI=1S/C18H19N3O2S/c1-24-18-20-16(15-4-2-3-11-21(15)18)17(23)19-10-9-13-5-7-14(12-22)8-6-13/h2-8,11,22H,9-10,12H2,1H3,(H,19,23). The van der Waals surface area contributed by atoms with Gasteiger partial charge in [0.05, 0.1) is 12.1 Å². The molecule has 24 heavy (non-hydrogen) atoms. The molecule has 1 amide bonds. The van der Waals surface area contributed by atoms with E-state index in [1.54, 1.807) is 0 Å². The van der Waals surface area contributed by atoms with Gasteiger partial charge in [-0.15, -0.1) is 0 Å². The van der Waals surface area contributed by atoms with Crippen LogP contribution in [-0.2, 0) is 13.0 Å². The van der Waals surface area contributed by atoms with Gasteiger partial charge in [-0.05, 0) is 35.9 Å². The SMILES string of the molecule is CSc1nc(C(=O)NCCc2ccc(CO)cc2)c2ccccn12. The van der Waals surface area contributed by atoms with E-state index < -0.39 is 0 Å². The van der Waals surface area contributed by atoms with Gasteiger partial charge in [0, 0.05) is 12.7 Å². The molecule has 0 unspecified atom stereocenters. The Balaban J connectivity index is 1.67. The molecule has 0 spiro atoms. The molecule has 0 radical (unpaired) electrons. The average molecular weight is 341 g/mol. The highest BCUT2D eigenvalue weighted by Crippen LogP contribution is 2.19. The molecule has 1 aromatic carbocycles. The first-order valence-corrected chi connectivity index (χ1v) is 8.93. The summed E-state index contributed by atoms with van der Waals surface area (Å²) in [5, 5.41) is 12.8. The van der Waals surface area contributed by atoms with Crippen LogP contribution in [0.25, 0.3) is 5.52 Å². The van der Waals surface area contributed by atoms with Gasteiger partial charge >= 0.3 is 0 Å². The van der Waals surface area contributed by atoms with Crippen LogP contribution >= 0.6 is 11.8 Å². The lowest BCUT2D eigenvalue weighted by Crippen LogP contribution is -2.26. The number of carbonyl (C=O) groups excluding carboxylic acids is 1. The summed E-state index contributed by atoms with van der Waals surface area (Å²) in [6.45, 7) is 0.583. The Labute approximate surface area is 144 Å². The van der Waals surface area contributed by atoms with Crippen molar-refractivity contribution < 1.29 is 9.90 Å². The summed E-state index contributed by atoms with van der Waals surface area (Å²) in [4.78, 5) is 16.9. The van der Waals surface area contributed by atoms with Gasteiger partial charge in [0.1, 0.15) is 0 Å². The summed E-state index contributed by atoms with van der Waals surface area (Å²) in [5.41, 5.74) is 3.27. The second-order valence-corrected chi connectivity index (χ2v) is 6.16. The van der Waals surface area contributed by atoms with Crippen molar-refractivity contribution in [3.05, 3.63) is 65.5 Å². The van der Waals surface area contributed by atoms with Crippen LogP contribution in [0.3, 0.4) is 0 Å². The number of aliphatic hydroxyl groups excluding tert-OH is 1. The topological polar surface area (TPSA) is 66.6 Å². The monoisotopic (exact) mass is 341 g/mol. The van der Waals surface area contributed by atoms with Gasteiger partial charge in [-0.2, -0.15) is 0 Å². The Morgan fingerprint density at radius 3 is 2.67 bits per heavy atom. The Hall–Kier alpha value is -2.31. The number of hydrogen-bond donors (Lipinski definition) is 2. The van der Waals surface area contributed by atoms with Crippen molar-refractivity contribution in [2.75, 3.05) is 12.8 Å². The highest BCUT2D eigenvalue weighted by atomic mass is 32.2. The molecule has 0 saturated carbocycles. The number of amides is 1. The predicted molar refractivity (Wildman–Crippen MR) is 95.4 cm³/mol. The molecule has 3 rings (SSSR count). The van der Waals surface area contributed by atoms with E-state index in [0.717, 1.165) is 28.2 Å². The van der Waals surface area contributed by atoms with Gasteiger partial charge in [0.25, 0.3) is 5.91 Å². The number of carbonyl (C=O) groups is 1. The fourth-order valence-electron chi connectivity index (χ4n) is 2.54. The van der Waals surface area contributed by atoms with Crippen molar-refractivity contribution in [3.8, 4) is 0 Å². The van der Waals surface area contributed by atoms with Crippen molar-refractivity contribution >= 4 is 23.2 Å². The number of thioether (sulfide) groups is 1. The van der Waals surface area contributed by atoms with E-state index in [9.17, 15) is 4.79 Å². The number of nitrogens with zero attached hydrogens (tertiary/aromatic N) is 2. The lowest BCUT2D eigenvalue weighted by molar-refractivity contribution is 0.0951. The van der Waals surface area contributed by atoms with Crippen LogP contribution in [0.15, 0.2) is 53.8 Å². The molecule has 0 fully saturated rings. The number of nitrogens with one attached hydrogen (secondary N) is 1. The van der Waals surface area contributed by atoms with Crippen molar-refractivity contribution in [3.63, 3.8) is 0 Å². The second-order valence-electron chi connectivity index (χ2n) is 5.38. The summed E-state index contributed by atoms with van der Waals surface area (Å²) >= 11 is 1.51. The molecule has 124 valence electrons. The molecular weight excluding hydrogens is 322 g/mol. The maximum Gasteiger partial charge on any atom is 0.272 e. The van der Waals surface area contributed by atoms with Gasteiger partial charge in [-0.1, -0.05) is 42.1 Å². The van der Waals surface area contributed by atoms with E-state index in [1.807, 2.05) is 59.3 Å². The van der Waals surface area contributed by atoms with Crippen LogP contribution in [0.1, 0.15) is 21.6 Å². The first-order valence-electron chi connectivity index (χ1n) is 7.71. The fraction of sp³-hybridized carbons (Fsp3) is 0.222. The number of pyridine rings is 1. The lowest BCUT2D eigenvalue weighted by Gasteiger charge is -2.05. The zero-order valence-electron chi connectivity index (χ0n) is 13.4. The van der Waals surface area contributed by atoms with Crippen LogP contribution in [0.2, 0.25) is 0 Å². The number of aromatic nitrogens is 2. The largest absolute Gasteiger partial charge is 0.392 e. The zero-order chi connectivity index (χ0) is 16.9. The van der Waals surface area contributed by atoms with Gasteiger partial charge in [-0.3, -0.25) is 9.20 Å². The second kappa shape index (κ2) is 7.51. The minimum Gasteiger partial charge on any atom is -0.392 e. The third-order valence-corrected chi connectivity index (χ3v) is 4.47. The molecule has 6 heteroatoms. The maximum absolute atomic E-state index is 12.4. The van der Waals surface area contributed by atoms with Gasteiger partial charge in [0.15, 0.2) is 10.9 Å². The van der Waals surface area contributed by atoms with E-state index in [-0.39, 0.29) is 12.5 Å².